The highest BCUT2D eigenvalue weighted by Crippen LogP contribution is 2.30. The van der Waals surface area contributed by atoms with Crippen LogP contribution in [0.3, 0.4) is 0 Å². The Morgan fingerprint density at radius 2 is 1.38 bits per heavy atom. The average Bonchev–Trinajstić information content (AvgIpc) is 3.36. The standard InChI is InChI=1S/C56H67ClN6O5/c1-5-7-24-50(25-8-6-2)63(37-48-31-30-47(45-22-16-11-17-23-45)36-51(48)55(61-58)62-59)52(41(4)57)39-67-54(65)33-32-53(64)60-49(34-40(3)56(66)68-38-43-18-12-9-13-19-43)35-42-26-28-46(29-27-42)44-20-14-10-15-21-44/h9-24,26-31,36,40,49H,5-8,25,32-35,37-39,58-59H2,1-4H3,(H,60,64)(H,61,62)/b50-24-,52-41+/t40-,49+/m1/s1. The molecule has 0 unspecified atom stereocenters. The second kappa shape index (κ2) is 27.8. The summed E-state index contributed by atoms with van der Waals surface area (Å²) in [5, 5.41) is 7.55. The lowest BCUT2D eigenvalue weighted by molar-refractivity contribution is -0.150. The van der Waals surface area contributed by atoms with Crippen molar-refractivity contribution in [2.75, 3.05) is 6.61 Å². The molecule has 0 fully saturated rings. The zero-order valence-electron chi connectivity index (χ0n) is 39.9. The number of ether oxygens (including phenoxy) is 2. The topological polar surface area (TPSA) is 161 Å². The summed E-state index contributed by atoms with van der Waals surface area (Å²) in [6, 6.07) is 43.5. The van der Waals surface area contributed by atoms with Gasteiger partial charge in [-0.05, 0) is 84.0 Å². The van der Waals surface area contributed by atoms with Gasteiger partial charge >= 0.3 is 11.9 Å². The van der Waals surface area contributed by atoms with Crippen LogP contribution in [-0.2, 0) is 43.4 Å². The summed E-state index contributed by atoms with van der Waals surface area (Å²) in [7, 11) is 0. The summed E-state index contributed by atoms with van der Waals surface area (Å²) in [5.74, 6) is 10.4. The fourth-order valence-corrected chi connectivity index (χ4v) is 8.08. The van der Waals surface area contributed by atoms with Gasteiger partial charge in [-0.15, -0.1) is 0 Å². The van der Waals surface area contributed by atoms with E-state index >= 15 is 0 Å². The maximum absolute atomic E-state index is 13.6. The van der Waals surface area contributed by atoms with Crippen molar-refractivity contribution in [1.29, 1.82) is 0 Å². The van der Waals surface area contributed by atoms with Gasteiger partial charge in [0.1, 0.15) is 13.2 Å². The molecule has 358 valence electrons. The second-order valence-electron chi connectivity index (χ2n) is 16.9. The number of rotatable bonds is 25. The molecule has 0 radical (unpaired) electrons. The zero-order chi connectivity index (χ0) is 48.7. The number of allylic oxidation sites excluding steroid dienone is 3. The van der Waals surface area contributed by atoms with Crippen molar-refractivity contribution in [1.82, 2.24) is 15.6 Å². The van der Waals surface area contributed by atoms with Crippen LogP contribution in [0.25, 0.3) is 22.3 Å². The van der Waals surface area contributed by atoms with E-state index in [1.165, 1.54) is 0 Å². The largest absolute Gasteiger partial charge is 0.461 e. The van der Waals surface area contributed by atoms with E-state index in [4.69, 9.17) is 32.8 Å². The molecular weight excluding hydrogens is 872 g/mol. The maximum Gasteiger partial charge on any atom is 0.309 e. The highest BCUT2D eigenvalue weighted by molar-refractivity contribution is 6.29. The Morgan fingerprint density at radius 3 is 1.99 bits per heavy atom. The van der Waals surface area contributed by atoms with Crippen LogP contribution in [0.15, 0.2) is 161 Å². The monoisotopic (exact) mass is 938 g/mol. The van der Waals surface area contributed by atoms with Crippen LogP contribution in [0.2, 0.25) is 0 Å². The van der Waals surface area contributed by atoms with Gasteiger partial charge in [0.15, 0.2) is 5.84 Å². The number of nitrogens with two attached hydrogens (primary N) is 2. The molecule has 0 heterocycles. The maximum atomic E-state index is 13.6. The fourth-order valence-electron chi connectivity index (χ4n) is 7.92. The minimum atomic E-state index is -0.549. The Bertz CT molecular complexity index is 2460. The number of benzene rings is 5. The number of carbonyl (C=O) groups is 3. The Balaban J connectivity index is 1.30. The molecule has 0 aromatic heterocycles. The van der Waals surface area contributed by atoms with E-state index < -0.39 is 17.9 Å². The first-order valence-electron chi connectivity index (χ1n) is 23.6. The summed E-state index contributed by atoms with van der Waals surface area (Å²) in [6.45, 7) is 8.25. The quantitative estimate of drug-likeness (QED) is 0.0147. The minimum Gasteiger partial charge on any atom is -0.461 e. The van der Waals surface area contributed by atoms with Crippen LogP contribution in [0.5, 0.6) is 0 Å². The molecule has 1 amide bonds. The van der Waals surface area contributed by atoms with Crippen LogP contribution in [0.4, 0.5) is 0 Å². The number of nitrogens with one attached hydrogen (secondary N) is 2. The van der Waals surface area contributed by atoms with Crippen LogP contribution < -0.4 is 22.4 Å². The molecule has 12 heteroatoms. The van der Waals surface area contributed by atoms with E-state index in [-0.39, 0.29) is 37.9 Å². The molecular formula is C56H67ClN6O5. The van der Waals surface area contributed by atoms with E-state index in [9.17, 15) is 14.4 Å². The van der Waals surface area contributed by atoms with Gasteiger partial charge in [-0.1, -0.05) is 179 Å². The number of hydrogen-bond acceptors (Lipinski definition) is 9. The number of hydrazone groups is 1. The molecule has 11 nitrogen and oxygen atoms in total. The number of amides is 1. The number of hydrogen-bond donors (Lipinski definition) is 4. The molecule has 0 saturated heterocycles. The number of halogens is 1. The molecule has 6 N–H and O–H groups in total. The van der Waals surface area contributed by atoms with Crippen LogP contribution in [0, 0.1) is 5.92 Å². The molecule has 0 aliphatic carbocycles. The van der Waals surface area contributed by atoms with Crippen LogP contribution >= 0.6 is 11.6 Å². The number of nitrogens with zero attached hydrogens (tertiary/aromatic N) is 2. The molecule has 5 rings (SSSR count). The summed E-state index contributed by atoms with van der Waals surface area (Å²) in [6.07, 6.45) is 7.22. The van der Waals surface area contributed by atoms with Gasteiger partial charge in [-0.25, -0.2) is 5.84 Å². The predicted molar refractivity (Wildman–Crippen MR) is 274 cm³/mol. The second-order valence-corrected chi connectivity index (χ2v) is 17.5. The van der Waals surface area contributed by atoms with Crippen molar-refractivity contribution in [2.45, 2.75) is 105 Å². The Labute approximate surface area is 407 Å². The lowest BCUT2D eigenvalue weighted by Crippen LogP contribution is -2.39. The number of unbranched alkanes of at least 4 members (excludes halogenated alkanes) is 2. The normalized spacial score (nSPS) is 12.9. The average molecular weight is 940 g/mol. The number of hydrazine groups is 1. The first kappa shape index (κ1) is 52.3. The van der Waals surface area contributed by atoms with Crippen molar-refractivity contribution >= 4 is 35.3 Å². The molecule has 5 aromatic rings. The Morgan fingerprint density at radius 1 is 0.765 bits per heavy atom. The summed E-state index contributed by atoms with van der Waals surface area (Å²) in [4.78, 5) is 42.5. The lowest BCUT2D eigenvalue weighted by atomic mass is 9.94. The van der Waals surface area contributed by atoms with Crippen molar-refractivity contribution in [3.05, 3.63) is 178 Å². The number of esters is 2. The third kappa shape index (κ3) is 16.3. The smallest absolute Gasteiger partial charge is 0.309 e. The van der Waals surface area contributed by atoms with Gasteiger partial charge in [0.2, 0.25) is 5.91 Å². The van der Waals surface area contributed by atoms with E-state index in [0.717, 1.165) is 76.7 Å². The van der Waals surface area contributed by atoms with Gasteiger partial charge < -0.3 is 31.0 Å². The van der Waals surface area contributed by atoms with E-state index in [1.807, 2.05) is 109 Å². The molecule has 2 atom stereocenters. The fraction of sp³-hybridized carbons (Fsp3) is 0.321. The van der Waals surface area contributed by atoms with Crippen molar-refractivity contribution < 1.29 is 23.9 Å². The van der Waals surface area contributed by atoms with Gasteiger partial charge in [0.25, 0.3) is 0 Å². The van der Waals surface area contributed by atoms with Crippen molar-refractivity contribution in [3.63, 3.8) is 0 Å². The van der Waals surface area contributed by atoms with Crippen molar-refractivity contribution in [2.24, 2.45) is 22.7 Å². The summed E-state index contributed by atoms with van der Waals surface area (Å²) in [5.41, 5.74) is 11.9. The number of carbonyl (C=O) groups excluding carboxylic acids is 3. The molecule has 0 aliphatic rings. The first-order chi connectivity index (χ1) is 33.0. The molecule has 0 bridgehead atoms. The highest BCUT2D eigenvalue weighted by atomic mass is 35.5. The highest BCUT2D eigenvalue weighted by Gasteiger charge is 2.25. The molecule has 5 aromatic carbocycles. The Hall–Kier alpha value is -6.69. The third-order valence-electron chi connectivity index (χ3n) is 11.7. The summed E-state index contributed by atoms with van der Waals surface area (Å²) >= 11 is 6.91. The zero-order valence-corrected chi connectivity index (χ0v) is 40.6. The van der Waals surface area contributed by atoms with Gasteiger partial charge in [0.05, 0.1) is 18.0 Å². The molecule has 0 aliphatic heterocycles. The summed E-state index contributed by atoms with van der Waals surface area (Å²) < 4.78 is 11.6. The third-order valence-corrected chi connectivity index (χ3v) is 11.9. The SMILES string of the molecule is CCC/C=C(/CCCC)N(Cc1ccc(-c2ccccc2)cc1/C(=N/N)NN)/C(COC(=O)CCC(=O)N[C@H](Cc1ccc(-c2ccccc2)cc1)C[C@@H](C)C(=O)OCc1ccccc1)=C(\C)Cl. The van der Waals surface area contributed by atoms with Crippen LogP contribution in [-0.4, -0.2) is 41.2 Å². The van der Waals surface area contributed by atoms with E-state index in [1.54, 1.807) is 13.8 Å². The number of amidine groups is 1. The Kier molecular flexibility index (Phi) is 21.4. The predicted octanol–water partition coefficient (Wildman–Crippen LogP) is 11.1. The van der Waals surface area contributed by atoms with E-state index in [0.29, 0.717) is 41.5 Å². The van der Waals surface area contributed by atoms with Gasteiger partial charge in [-0.2, -0.15) is 5.10 Å². The molecule has 68 heavy (non-hydrogen) atoms. The van der Waals surface area contributed by atoms with Gasteiger partial charge in [0, 0.05) is 35.3 Å². The first-order valence-corrected chi connectivity index (χ1v) is 24.0. The van der Waals surface area contributed by atoms with Crippen LogP contribution in [0.1, 0.15) is 101 Å². The van der Waals surface area contributed by atoms with E-state index in [2.05, 4.69) is 64.9 Å². The van der Waals surface area contributed by atoms with Gasteiger partial charge in [-0.3, -0.25) is 14.4 Å². The lowest BCUT2D eigenvalue weighted by Gasteiger charge is -2.32. The molecule has 0 saturated carbocycles. The molecule has 0 spiro atoms. The minimum absolute atomic E-state index is 0.111. The van der Waals surface area contributed by atoms with Crippen molar-refractivity contribution in [3.8, 4) is 22.3 Å².